The Balaban J connectivity index is 1.67. The van der Waals surface area contributed by atoms with E-state index in [1.807, 2.05) is 4.68 Å². The van der Waals surface area contributed by atoms with Crippen molar-refractivity contribution in [2.24, 2.45) is 17.8 Å². The number of ketones is 1. The molecule has 4 aliphatic carbocycles. The Hall–Kier alpha value is -1.65. The molecular formula is C15H18N2O3. The van der Waals surface area contributed by atoms with Gasteiger partial charge in [0.2, 0.25) is 0 Å². The highest BCUT2D eigenvalue weighted by Gasteiger charge is 2.52. The third-order valence-corrected chi connectivity index (χ3v) is 5.53. The second-order valence-electron chi connectivity index (χ2n) is 6.95. The second kappa shape index (κ2) is 3.93. The van der Waals surface area contributed by atoms with E-state index in [2.05, 4.69) is 5.10 Å². The van der Waals surface area contributed by atoms with Crippen molar-refractivity contribution in [3.63, 3.8) is 0 Å². The number of Topliss-reactive ketones (excluding diaryl/α,β-unsaturated/α-hetero) is 1. The fourth-order valence-electron chi connectivity index (χ4n) is 5.17. The standard InChI is InChI=1S/C15H18N2O3/c18-13(14(19)20)12-7-16-17(8-12)15-4-9-1-10(5-15)3-11(2-9)6-15/h7-11H,1-6H2,(H,19,20). The van der Waals surface area contributed by atoms with Crippen LogP contribution >= 0.6 is 0 Å². The van der Waals surface area contributed by atoms with Crippen molar-refractivity contribution in [3.05, 3.63) is 18.0 Å². The summed E-state index contributed by atoms with van der Waals surface area (Å²) in [4.78, 5) is 22.3. The van der Waals surface area contributed by atoms with Gasteiger partial charge in [-0.25, -0.2) is 4.79 Å². The molecule has 0 saturated heterocycles. The molecule has 1 N–H and O–H groups in total. The largest absolute Gasteiger partial charge is 0.475 e. The van der Waals surface area contributed by atoms with E-state index in [4.69, 9.17) is 5.11 Å². The summed E-state index contributed by atoms with van der Waals surface area (Å²) in [6.45, 7) is 0. The molecule has 1 heterocycles. The molecule has 106 valence electrons. The van der Waals surface area contributed by atoms with Crippen molar-refractivity contribution in [1.82, 2.24) is 9.78 Å². The quantitative estimate of drug-likeness (QED) is 0.676. The molecule has 0 atom stereocenters. The molecule has 4 fully saturated rings. The molecular weight excluding hydrogens is 256 g/mol. The molecule has 1 aromatic rings. The highest BCUT2D eigenvalue weighted by Crippen LogP contribution is 2.58. The topological polar surface area (TPSA) is 72.2 Å². The summed E-state index contributed by atoms with van der Waals surface area (Å²) in [5.41, 5.74) is 0.249. The Bertz CT molecular complexity index is 554. The summed E-state index contributed by atoms with van der Waals surface area (Å²) >= 11 is 0. The minimum atomic E-state index is -1.41. The molecule has 5 heteroatoms. The van der Waals surface area contributed by atoms with Gasteiger partial charge in [0.15, 0.2) is 0 Å². The van der Waals surface area contributed by atoms with Gasteiger partial charge in [0, 0.05) is 6.20 Å². The molecule has 4 saturated carbocycles. The first-order valence-corrected chi connectivity index (χ1v) is 7.38. The molecule has 1 aromatic heterocycles. The number of carboxylic acids is 1. The minimum Gasteiger partial charge on any atom is -0.475 e. The van der Waals surface area contributed by atoms with Crippen LogP contribution in [-0.2, 0) is 10.3 Å². The zero-order valence-corrected chi connectivity index (χ0v) is 11.3. The van der Waals surface area contributed by atoms with Gasteiger partial charge >= 0.3 is 5.97 Å². The third-order valence-electron chi connectivity index (χ3n) is 5.53. The lowest BCUT2D eigenvalue weighted by atomic mass is 9.53. The average Bonchev–Trinajstić information content (AvgIpc) is 2.86. The van der Waals surface area contributed by atoms with Gasteiger partial charge < -0.3 is 5.11 Å². The molecule has 0 spiro atoms. The first-order chi connectivity index (χ1) is 9.56. The van der Waals surface area contributed by atoms with Crippen molar-refractivity contribution in [2.75, 3.05) is 0 Å². The summed E-state index contributed by atoms with van der Waals surface area (Å²) < 4.78 is 1.91. The Kier molecular flexibility index (Phi) is 2.38. The lowest BCUT2D eigenvalue weighted by Gasteiger charge is -2.56. The van der Waals surface area contributed by atoms with Gasteiger partial charge in [0.1, 0.15) is 0 Å². The van der Waals surface area contributed by atoms with Crippen LogP contribution in [-0.4, -0.2) is 26.6 Å². The number of aromatic nitrogens is 2. The summed E-state index contributed by atoms with van der Waals surface area (Å²) in [7, 11) is 0. The summed E-state index contributed by atoms with van der Waals surface area (Å²) in [6, 6.07) is 0. The number of carbonyl (C=O) groups is 2. The number of rotatable bonds is 3. The van der Waals surface area contributed by atoms with Gasteiger partial charge in [-0.2, -0.15) is 5.10 Å². The van der Waals surface area contributed by atoms with Crippen molar-refractivity contribution < 1.29 is 14.7 Å². The maximum atomic E-state index is 11.5. The smallest absolute Gasteiger partial charge is 0.377 e. The lowest BCUT2D eigenvalue weighted by Crippen LogP contribution is -2.52. The fraction of sp³-hybridized carbons (Fsp3) is 0.667. The normalized spacial score (nSPS) is 38.1. The first-order valence-electron chi connectivity index (χ1n) is 7.38. The Morgan fingerprint density at radius 1 is 1.15 bits per heavy atom. The van der Waals surface area contributed by atoms with Gasteiger partial charge in [0.25, 0.3) is 5.78 Å². The Morgan fingerprint density at radius 3 is 2.20 bits per heavy atom. The van der Waals surface area contributed by atoms with Gasteiger partial charge in [-0.3, -0.25) is 9.48 Å². The van der Waals surface area contributed by atoms with Crippen LogP contribution in [0, 0.1) is 17.8 Å². The van der Waals surface area contributed by atoms with E-state index in [9.17, 15) is 9.59 Å². The van der Waals surface area contributed by atoms with Crippen LogP contribution in [0.2, 0.25) is 0 Å². The van der Waals surface area contributed by atoms with E-state index >= 15 is 0 Å². The monoisotopic (exact) mass is 274 g/mol. The number of carbonyl (C=O) groups excluding carboxylic acids is 1. The minimum absolute atomic E-state index is 0.0474. The van der Waals surface area contributed by atoms with Crippen LogP contribution < -0.4 is 0 Å². The highest BCUT2D eigenvalue weighted by atomic mass is 16.4. The number of aliphatic carboxylic acids is 1. The number of hydrogen-bond acceptors (Lipinski definition) is 3. The van der Waals surface area contributed by atoms with E-state index in [0.717, 1.165) is 37.0 Å². The number of hydrogen-bond donors (Lipinski definition) is 1. The third kappa shape index (κ3) is 1.65. The Morgan fingerprint density at radius 2 is 1.70 bits per heavy atom. The van der Waals surface area contributed by atoms with Crippen LogP contribution in [0.5, 0.6) is 0 Å². The van der Waals surface area contributed by atoms with E-state index in [-0.39, 0.29) is 11.1 Å². The predicted molar refractivity (Wildman–Crippen MR) is 70.3 cm³/mol. The van der Waals surface area contributed by atoms with E-state index in [0.29, 0.717) is 0 Å². The zero-order chi connectivity index (χ0) is 13.9. The van der Waals surface area contributed by atoms with Crippen LogP contribution in [0.15, 0.2) is 12.4 Å². The van der Waals surface area contributed by atoms with Gasteiger partial charge in [-0.15, -0.1) is 0 Å². The van der Waals surface area contributed by atoms with Gasteiger partial charge in [-0.1, -0.05) is 0 Å². The average molecular weight is 274 g/mol. The molecule has 20 heavy (non-hydrogen) atoms. The van der Waals surface area contributed by atoms with Gasteiger partial charge in [0.05, 0.1) is 17.3 Å². The molecule has 5 rings (SSSR count). The van der Waals surface area contributed by atoms with Crippen LogP contribution in [0.3, 0.4) is 0 Å². The van der Waals surface area contributed by atoms with Crippen LogP contribution in [0.4, 0.5) is 0 Å². The first kappa shape index (κ1) is 12.1. The Labute approximate surface area is 117 Å². The van der Waals surface area contributed by atoms with Crippen molar-refractivity contribution in [2.45, 2.75) is 44.1 Å². The van der Waals surface area contributed by atoms with E-state index < -0.39 is 11.8 Å². The lowest BCUT2D eigenvalue weighted by molar-refractivity contribution is -0.131. The summed E-state index contributed by atoms with van der Waals surface area (Å²) in [5.74, 6) is 0.119. The summed E-state index contributed by atoms with van der Waals surface area (Å²) in [5, 5.41) is 13.1. The molecule has 4 bridgehead atoms. The maximum absolute atomic E-state index is 11.5. The molecule has 0 unspecified atom stereocenters. The van der Waals surface area contributed by atoms with E-state index in [1.165, 1.54) is 25.5 Å². The molecule has 0 amide bonds. The summed E-state index contributed by atoms with van der Waals surface area (Å²) in [6.07, 6.45) is 10.5. The number of carboxylic acid groups (broad SMARTS) is 1. The number of nitrogens with zero attached hydrogens (tertiary/aromatic N) is 2. The van der Waals surface area contributed by atoms with Gasteiger partial charge in [-0.05, 0) is 56.3 Å². The molecule has 4 aliphatic rings. The molecule has 0 radical (unpaired) electrons. The van der Waals surface area contributed by atoms with Crippen LogP contribution in [0.1, 0.15) is 48.9 Å². The fourth-order valence-corrected chi connectivity index (χ4v) is 5.17. The molecule has 0 aliphatic heterocycles. The molecule has 5 nitrogen and oxygen atoms in total. The maximum Gasteiger partial charge on any atom is 0.377 e. The SMILES string of the molecule is O=C(O)C(=O)c1cnn(C23CC4CC(CC(C4)C2)C3)c1. The highest BCUT2D eigenvalue weighted by molar-refractivity contribution is 6.39. The van der Waals surface area contributed by atoms with Crippen molar-refractivity contribution in [1.29, 1.82) is 0 Å². The van der Waals surface area contributed by atoms with Crippen molar-refractivity contribution in [3.8, 4) is 0 Å². The van der Waals surface area contributed by atoms with Crippen LogP contribution in [0.25, 0.3) is 0 Å². The second-order valence-corrected chi connectivity index (χ2v) is 6.95. The predicted octanol–water partition coefficient (Wildman–Crippen LogP) is 2.08. The van der Waals surface area contributed by atoms with E-state index in [1.54, 1.807) is 6.20 Å². The molecule has 0 aromatic carbocycles. The zero-order valence-electron chi connectivity index (χ0n) is 11.3. The van der Waals surface area contributed by atoms with Crippen molar-refractivity contribution >= 4 is 11.8 Å².